The van der Waals surface area contributed by atoms with Crippen LogP contribution in [-0.2, 0) is 15.6 Å². The second-order valence-electron chi connectivity index (χ2n) is 6.07. The summed E-state index contributed by atoms with van der Waals surface area (Å²) < 4.78 is 12.0. The lowest BCUT2D eigenvalue weighted by Crippen LogP contribution is -2.46. The standard InChI is InChI=1S/C12H24N2O2S/c1-12(2,3)8-4-5-9(13)10(6-8)17(16)7-11(14)15/h8-10H,4-7,13H2,1-3H3,(H2,14,15). The molecule has 1 saturated carbocycles. The van der Waals surface area contributed by atoms with Crippen molar-refractivity contribution in [3.63, 3.8) is 0 Å². The maximum atomic E-state index is 12.0. The van der Waals surface area contributed by atoms with E-state index in [1.165, 1.54) is 0 Å². The Balaban J connectivity index is 2.70. The van der Waals surface area contributed by atoms with Gasteiger partial charge in [0.2, 0.25) is 5.91 Å². The number of carbonyl (C=O) groups excluding carboxylic acids is 1. The molecule has 17 heavy (non-hydrogen) atoms. The normalized spacial score (nSPS) is 32.1. The molecule has 0 aromatic rings. The second kappa shape index (κ2) is 5.48. The summed E-state index contributed by atoms with van der Waals surface area (Å²) in [7, 11) is -1.22. The Morgan fingerprint density at radius 3 is 2.41 bits per heavy atom. The number of amides is 1. The Kier molecular flexibility index (Phi) is 4.72. The smallest absolute Gasteiger partial charge is 0.230 e. The minimum Gasteiger partial charge on any atom is -0.369 e. The van der Waals surface area contributed by atoms with Gasteiger partial charge in [0.1, 0.15) is 5.75 Å². The molecular formula is C12H24N2O2S. The number of hydrogen-bond donors (Lipinski definition) is 2. The zero-order chi connectivity index (χ0) is 13.2. The van der Waals surface area contributed by atoms with Crippen LogP contribution in [-0.4, -0.2) is 27.2 Å². The van der Waals surface area contributed by atoms with E-state index < -0.39 is 16.7 Å². The average molecular weight is 260 g/mol. The Morgan fingerprint density at radius 2 is 1.94 bits per heavy atom. The Labute approximate surface area is 106 Å². The molecular weight excluding hydrogens is 236 g/mol. The fourth-order valence-corrected chi connectivity index (χ4v) is 3.96. The van der Waals surface area contributed by atoms with Gasteiger partial charge < -0.3 is 11.5 Å². The summed E-state index contributed by atoms with van der Waals surface area (Å²) in [6.07, 6.45) is 2.80. The molecule has 0 bridgehead atoms. The van der Waals surface area contributed by atoms with Crippen molar-refractivity contribution in [2.75, 3.05) is 5.75 Å². The van der Waals surface area contributed by atoms with E-state index in [0.717, 1.165) is 19.3 Å². The maximum absolute atomic E-state index is 12.0. The molecule has 4 N–H and O–H groups in total. The summed E-state index contributed by atoms with van der Waals surface area (Å²) >= 11 is 0. The van der Waals surface area contributed by atoms with Crippen LogP contribution in [0.1, 0.15) is 40.0 Å². The Bertz CT molecular complexity index is 312. The van der Waals surface area contributed by atoms with Gasteiger partial charge in [-0.25, -0.2) is 0 Å². The molecule has 1 rings (SSSR count). The van der Waals surface area contributed by atoms with Gasteiger partial charge in [-0.05, 0) is 30.6 Å². The van der Waals surface area contributed by atoms with Crippen LogP contribution in [0.15, 0.2) is 0 Å². The first kappa shape index (κ1) is 14.6. The molecule has 5 heteroatoms. The van der Waals surface area contributed by atoms with E-state index in [2.05, 4.69) is 20.8 Å². The van der Waals surface area contributed by atoms with Gasteiger partial charge in [0.05, 0.1) is 5.25 Å². The van der Waals surface area contributed by atoms with E-state index in [-0.39, 0.29) is 22.5 Å². The molecule has 1 aliphatic rings. The van der Waals surface area contributed by atoms with Crippen molar-refractivity contribution in [3.05, 3.63) is 0 Å². The first-order valence-corrected chi connectivity index (χ1v) is 7.51. The van der Waals surface area contributed by atoms with Crippen LogP contribution in [0.4, 0.5) is 0 Å². The van der Waals surface area contributed by atoms with Gasteiger partial charge in [0, 0.05) is 16.8 Å². The fourth-order valence-electron chi connectivity index (χ4n) is 2.49. The van der Waals surface area contributed by atoms with Crippen molar-refractivity contribution < 1.29 is 9.00 Å². The van der Waals surface area contributed by atoms with Crippen molar-refractivity contribution in [2.45, 2.75) is 51.3 Å². The lowest BCUT2D eigenvalue weighted by Gasteiger charge is -2.40. The fraction of sp³-hybridized carbons (Fsp3) is 0.917. The Morgan fingerprint density at radius 1 is 1.35 bits per heavy atom. The topological polar surface area (TPSA) is 86.2 Å². The molecule has 1 aliphatic carbocycles. The molecule has 0 aromatic heterocycles. The molecule has 0 aromatic carbocycles. The highest BCUT2D eigenvalue weighted by Crippen LogP contribution is 2.38. The van der Waals surface area contributed by atoms with E-state index in [0.29, 0.717) is 5.92 Å². The number of nitrogens with two attached hydrogens (primary N) is 2. The highest BCUT2D eigenvalue weighted by Gasteiger charge is 2.37. The van der Waals surface area contributed by atoms with Crippen LogP contribution < -0.4 is 11.5 Å². The van der Waals surface area contributed by atoms with Crippen LogP contribution in [0.2, 0.25) is 0 Å². The summed E-state index contributed by atoms with van der Waals surface area (Å²) in [4.78, 5) is 10.8. The van der Waals surface area contributed by atoms with Gasteiger partial charge in [-0.3, -0.25) is 9.00 Å². The van der Waals surface area contributed by atoms with Gasteiger partial charge in [0.25, 0.3) is 0 Å². The molecule has 100 valence electrons. The SMILES string of the molecule is CC(C)(C)C1CCC(N)C(S(=O)CC(N)=O)C1. The summed E-state index contributed by atoms with van der Waals surface area (Å²) in [5.41, 5.74) is 11.3. The van der Waals surface area contributed by atoms with Gasteiger partial charge in [0.15, 0.2) is 0 Å². The zero-order valence-corrected chi connectivity index (χ0v) is 11.8. The van der Waals surface area contributed by atoms with E-state index in [9.17, 15) is 9.00 Å². The highest BCUT2D eigenvalue weighted by atomic mass is 32.2. The lowest BCUT2D eigenvalue weighted by molar-refractivity contribution is -0.115. The molecule has 4 nitrogen and oxygen atoms in total. The van der Waals surface area contributed by atoms with Gasteiger partial charge in [-0.1, -0.05) is 20.8 Å². The first-order valence-electron chi connectivity index (χ1n) is 6.13. The first-order chi connectivity index (χ1) is 7.71. The second-order valence-corrected chi connectivity index (χ2v) is 7.73. The van der Waals surface area contributed by atoms with E-state index in [1.54, 1.807) is 0 Å². The summed E-state index contributed by atoms with van der Waals surface area (Å²) in [5.74, 6) is -0.0487. The predicted octanol–water partition coefficient (Wildman–Crippen LogP) is 0.763. The third-order valence-corrected chi connectivity index (χ3v) is 5.48. The molecule has 4 unspecified atom stereocenters. The van der Waals surface area contributed by atoms with E-state index >= 15 is 0 Å². The number of primary amides is 1. The molecule has 0 heterocycles. The van der Waals surface area contributed by atoms with Crippen LogP contribution in [0.25, 0.3) is 0 Å². The predicted molar refractivity (Wildman–Crippen MR) is 70.8 cm³/mol. The highest BCUT2D eigenvalue weighted by molar-refractivity contribution is 7.86. The monoisotopic (exact) mass is 260 g/mol. The van der Waals surface area contributed by atoms with Crippen LogP contribution >= 0.6 is 0 Å². The molecule has 0 saturated heterocycles. The number of rotatable bonds is 3. The summed E-state index contributed by atoms with van der Waals surface area (Å²) in [6, 6.07) is -0.0613. The van der Waals surface area contributed by atoms with Crippen LogP contribution in [0.3, 0.4) is 0 Å². The third-order valence-electron chi connectivity index (χ3n) is 3.69. The molecule has 1 fully saturated rings. The van der Waals surface area contributed by atoms with E-state index in [4.69, 9.17) is 11.5 Å². The van der Waals surface area contributed by atoms with Crippen LogP contribution in [0.5, 0.6) is 0 Å². The molecule has 4 atom stereocenters. The number of carbonyl (C=O) groups is 1. The Hall–Kier alpha value is -0.420. The van der Waals surface area contributed by atoms with Crippen molar-refractivity contribution in [1.29, 1.82) is 0 Å². The molecule has 1 amide bonds. The maximum Gasteiger partial charge on any atom is 0.230 e. The van der Waals surface area contributed by atoms with E-state index in [1.807, 2.05) is 0 Å². The largest absolute Gasteiger partial charge is 0.369 e. The molecule has 0 spiro atoms. The van der Waals surface area contributed by atoms with Gasteiger partial charge in [-0.2, -0.15) is 0 Å². The summed E-state index contributed by atoms with van der Waals surface area (Å²) in [6.45, 7) is 6.59. The zero-order valence-electron chi connectivity index (χ0n) is 10.9. The minimum absolute atomic E-state index is 0.0603. The van der Waals surface area contributed by atoms with Crippen molar-refractivity contribution in [1.82, 2.24) is 0 Å². The minimum atomic E-state index is -1.22. The van der Waals surface area contributed by atoms with Crippen molar-refractivity contribution >= 4 is 16.7 Å². The van der Waals surface area contributed by atoms with Gasteiger partial charge >= 0.3 is 0 Å². The average Bonchev–Trinajstić information content (AvgIpc) is 2.15. The van der Waals surface area contributed by atoms with Crippen LogP contribution in [0, 0.1) is 11.3 Å². The van der Waals surface area contributed by atoms with Gasteiger partial charge in [-0.15, -0.1) is 0 Å². The number of hydrogen-bond acceptors (Lipinski definition) is 3. The molecule has 0 radical (unpaired) electrons. The lowest BCUT2D eigenvalue weighted by atomic mass is 9.71. The summed E-state index contributed by atoms with van der Waals surface area (Å²) in [5, 5.41) is -0.0829. The van der Waals surface area contributed by atoms with Crippen molar-refractivity contribution in [2.24, 2.45) is 22.8 Å². The van der Waals surface area contributed by atoms with Crippen molar-refractivity contribution in [3.8, 4) is 0 Å². The third kappa shape index (κ3) is 4.07. The quantitative estimate of drug-likeness (QED) is 0.785. The molecule has 0 aliphatic heterocycles.